The second-order valence-electron chi connectivity index (χ2n) is 6.66. The highest BCUT2D eigenvalue weighted by molar-refractivity contribution is 5.83. The predicted molar refractivity (Wildman–Crippen MR) is 104 cm³/mol. The maximum Gasteiger partial charge on any atom is 0.243 e. The molecule has 1 saturated heterocycles. The molecular weight excluding hydrogens is 342 g/mol. The van der Waals surface area contributed by atoms with Crippen molar-refractivity contribution in [1.82, 2.24) is 19.9 Å². The van der Waals surface area contributed by atoms with Gasteiger partial charge >= 0.3 is 0 Å². The highest BCUT2D eigenvalue weighted by Gasteiger charge is 2.17. The average Bonchev–Trinajstić information content (AvgIpc) is 3.16. The Kier molecular flexibility index (Phi) is 5.02. The van der Waals surface area contributed by atoms with Crippen LogP contribution in [-0.4, -0.2) is 46.7 Å². The van der Waals surface area contributed by atoms with Crippen LogP contribution < -0.4 is 10.2 Å². The molecule has 1 atom stereocenters. The predicted octanol–water partition coefficient (Wildman–Crippen LogP) is 2.15. The van der Waals surface area contributed by atoms with Gasteiger partial charge in [0.2, 0.25) is 5.91 Å². The molecule has 1 aromatic carbocycles. The molecule has 1 amide bonds. The number of rotatable bonds is 5. The zero-order chi connectivity index (χ0) is 18.6. The lowest BCUT2D eigenvalue weighted by molar-refractivity contribution is -0.123. The molecule has 2 aromatic heterocycles. The molecular formula is C20H23N5O2. The zero-order valence-electron chi connectivity index (χ0n) is 15.3. The number of carbonyl (C=O) groups excluding carboxylic acids is 1. The molecule has 4 rings (SSSR count). The Morgan fingerprint density at radius 1 is 1.22 bits per heavy atom. The first kappa shape index (κ1) is 17.5. The molecule has 1 aliphatic rings. The van der Waals surface area contributed by atoms with Crippen molar-refractivity contribution in [1.29, 1.82) is 0 Å². The average molecular weight is 365 g/mol. The van der Waals surface area contributed by atoms with E-state index in [4.69, 9.17) is 4.74 Å². The van der Waals surface area contributed by atoms with Gasteiger partial charge in [-0.25, -0.2) is 9.97 Å². The fraction of sp³-hybridized carbons (Fsp3) is 0.350. The van der Waals surface area contributed by atoms with E-state index < -0.39 is 0 Å². The Bertz CT molecular complexity index is 933. The summed E-state index contributed by atoms with van der Waals surface area (Å²) in [5, 5.41) is 3.02. The molecule has 0 bridgehead atoms. The number of imidazole rings is 1. The van der Waals surface area contributed by atoms with Crippen LogP contribution in [0.3, 0.4) is 0 Å². The monoisotopic (exact) mass is 365 g/mol. The van der Waals surface area contributed by atoms with Crippen LogP contribution in [0.1, 0.15) is 18.5 Å². The van der Waals surface area contributed by atoms with Gasteiger partial charge in [-0.2, -0.15) is 0 Å². The first-order valence-corrected chi connectivity index (χ1v) is 9.19. The summed E-state index contributed by atoms with van der Waals surface area (Å²) in [6, 6.07) is 11.4. The van der Waals surface area contributed by atoms with Crippen LogP contribution in [0.2, 0.25) is 0 Å². The molecule has 140 valence electrons. The van der Waals surface area contributed by atoms with E-state index >= 15 is 0 Å². The normalized spacial score (nSPS) is 15.7. The first-order valence-electron chi connectivity index (χ1n) is 9.19. The van der Waals surface area contributed by atoms with Crippen molar-refractivity contribution in [2.45, 2.75) is 19.5 Å². The van der Waals surface area contributed by atoms with Gasteiger partial charge in [0.15, 0.2) is 0 Å². The molecule has 1 N–H and O–H groups in total. The second kappa shape index (κ2) is 7.75. The number of benzene rings is 1. The fourth-order valence-electron chi connectivity index (χ4n) is 3.29. The highest BCUT2D eigenvalue weighted by Crippen LogP contribution is 2.18. The Balaban J connectivity index is 1.41. The number of fused-ring (bicyclic) bond motifs is 1. The van der Waals surface area contributed by atoms with Gasteiger partial charge in [0.1, 0.15) is 11.9 Å². The van der Waals surface area contributed by atoms with E-state index in [0.717, 1.165) is 48.7 Å². The molecule has 1 aliphatic heterocycles. The standard InChI is InChI=1S/C20H23N5O2/c1-15(25-14-23-17-4-2-3-5-18(17)25)20(26)22-13-16-6-7-21-19(12-16)24-8-10-27-11-9-24/h2-7,12,14-15H,8-11,13H2,1H3,(H,22,26)/t15-/m0/s1. The van der Waals surface area contributed by atoms with Gasteiger partial charge in [0.05, 0.1) is 30.6 Å². The fourth-order valence-corrected chi connectivity index (χ4v) is 3.29. The molecule has 0 aliphatic carbocycles. The summed E-state index contributed by atoms with van der Waals surface area (Å²) in [7, 11) is 0. The van der Waals surface area contributed by atoms with Crippen LogP contribution in [-0.2, 0) is 16.1 Å². The van der Waals surface area contributed by atoms with Crippen molar-refractivity contribution in [3.63, 3.8) is 0 Å². The van der Waals surface area contributed by atoms with Gasteiger partial charge in [-0.15, -0.1) is 0 Å². The number of hydrogen-bond acceptors (Lipinski definition) is 5. The molecule has 3 heterocycles. The maximum atomic E-state index is 12.6. The van der Waals surface area contributed by atoms with Gasteiger partial charge in [-0.1, -0.05) is 12.1 Å². The molecule has 3 aromatic rings. The second-order valence-corrected chi connectivity index (χ2v) is 6.66. The molecule has 7 heteroatoms. The van der Waals surface area contributed by atoms with E-state index in [2.05, 4.69) is 20.2 Å². The van der Waals surface area contributed by atoms with E-state index in [0.29, 0.717) is 6.54 Å². The smallest absolute Gasteiger partial charge is 0.243 e. The van der Waals surface area contributed by atoms with E-state index in [1.165, 1.54) is 0 Å². The Morgan fingerprint density at radius 3 is 2.89 bits per heavy atom. The number of nitrogens with zero attached hydrogens (tertiary/aromatic N) is 4. The third-order valence-electron chi connectivity index (χ3n) is 4.89. The molecule has 0 saturated carbocycles. The molecule has 1 fully saturated rings. The van der Waals surface area contributed by atoms with Crippen LogP contribution in [0.4, 0.5) is 5.82 Å². The Hall–Kier alpha value is -2.93. The number of nitrogens with one attached hydrogen (secondary N) is 1. The van der Waals surface area contributed by atoms with Crippen LogP contribution in [0.5, 0.6) is 0 Å². The molecule has 0 spiro atoms. The SMILES string of the molecule is C[C@@H](C(=O)NCc1ccnc(N2CCOCC2)c1)n1cnc2ccccc21. The largest absolute Gasteiger partial charge is 0.378 e. The van der Waals surface area contributed by atoms with Crippen molar-refractivity contribution < 1.29 is 9.53 Å². The van der Waals surface area contributed by atoms with Crippen LogP contribution in [0.15, 0.2) is 48.9 Å². The van der Waals surface area contributed by atoms with Gasteiger partial charge < -0.3 is 19.5 Å². The number of anilines is 1. The van der Waals surface area contributed by atoms with Gasteiger partial charge in [0, 0.05) is 25.8 Å². The number of pyridine rings is 1. The topological polar surface area (TPSA) is 72.3 Å². The van der Waals surface area contributed by atoms with Crippen molar-refractivity contribution >= 4 is 22.8 Å². The minimum atomic E-state index is -0.335. The third kappa shape index (κ3) is 3.78. The third-order valence-corrected chi connectivity index (χ3v) is 4.89. The number of para-hydroxylation sites is 2. The van der Waals surface area contributed by atoms with Gasteiger partial charge in [-0.3, -0.25) is 4.79 Å². The van der Waals surface area contributed by atoms with Gasteiger partial charge in [-0.05, 0) is 36.8 Å². The molecule has 7 nitrogen and oxygen atoms in total. The van der Waals surface area contributed by atoms with Gasteiger partial charge in [0.25, 0.3) is 0 Å². The Morgan fingerprint density at radius 2 is 2.04 bits per heavy atom. The number of morpholine rings is 1. The minimum absolute atomic E-state index is 0.0390. The van der Waals surface area contributed by atoms with E-state index in [-0.39, 0.29) is 11.9 Å². The van der Waals surface area contributed by atoms with E-state index in [1.807, 2.05) is 47.9 Å². The van der Waals surface area contributed by atoms with Crippen molar-refractivity contribution in [2.75, 3.05) is 31.2 Å². The number of carbonyl (C=O) groups is 1. The van der Waals surface area contributed by atoms with Crippen LogP contribution in [0.25, 0.3) is 11.0 Å². The quantitative estimate of drug-likeness (QED) is 0.750. The van der Waals surface area contributed by atoms with Crippen molar-refractivity contribution in [2.24, 2.45) is 0 Å². The minimum Gasteiger partial charge on any atom is -0.378 e. The summed E-state index contributed by atoms with van der Waals surface area (Å²) < 4.78 is 7.29. The lowest BCUT2D eigenvalue weighted by atomic mass is 10.2. The van der Waals surface area contributed by atoms with Crippen LogP contribution in [0, 0.1) is 0 Å². The number of amides is 1. The van der Waals surface area contributed by atoms with E-state index in [1.54, 1.807) is 12.5 Å². The van der Waals surface area contributed by atoms with Crippen molar-refractivity contribution in [3.8, 4) is 0 Å². The summed E-state index contributed by atoms with van der Waals surface area (Å²) in [5.74, 6) is 0.890. The number of aromatic nitrogens is 3. The summed E-state index contributed by atoms with van der Waals surface area (Å²) in [5.41, 5.74) is 2.88. The molecule has 0 unspecified atom stereocenters. The number of ether oxygens (including phenoxy) is 1. The summed E-state index contributed by atoms with van der Waals surface area (Å²) in [4.78, 5) is 23.7. The van der Waals surface area contributed by atoms with Crippen molar-refractivity contribution in [3.05, 3.63) is 54.5 Å². The highest BCUT2D eigenvalue weighted by atomic mass is 16.5. The zero-order valence-corrected chi connectivity index (χ0v) is 15.3. The lowest BCUT2D eigenvalue weighted by Crippen LogP contribution is -2.36. The van der Waals surface area contributed by atoms with E-state index in [9.17, 15) is 4.79 Å². The maximum absolute atomic E-state index is 12.6. The molecule has 0 radical (unpaired) electrons. The summed E-state index contributed by atoms with van der Waals surface area (Å²) in [6.45, 7) is 5.48. The van der Waals surface area contributed by atoms with Crippen LogP contribution >= 0.6 is 0 Å². The first-order chi connectivity index (χ1) is 13.2. The Labute approximate surface area is 158 Å². The summed E-state index contributed by atoms with van der Waals surface area (Å²) >= 11 is 0. The molecule has 27 heavy (non-hydrogen) atoms. The number of hydrogen-bond donors (Lipinski definition) is 1. The lowest BCUT2D eigenvalue weighted by Gasteiger charge is -2.28. The summed E-state index contributed by atoms with van der Waals surface area (Å²) in [6.07, 6.45) is 3.51.